The molecule has 0 fully saturated rings. The van der Waals surface area contributed by atoms with E-state index in [1.54, 1.807) is 0 Å². The van der Waals surface area contributed by atoms with Gasteiger partial charge in [-0.25, -0.2) is 0 Å². The molecule has 102 valence electrons. The fraction of sp³-hybridized carbons (Fsp3) is 0.600. The summed E-state index contributed by atoms with van der Waals surface area (Å²) in [5.74, 6) is 0. The van der Waals surface area contributed by atoms with Gasteiger partial charge in [-0.3, -0.25) is 0 Å². The lowest BCUT2D eigenvalue weighted by molar-refractivity contribution is 0.207. The predicted molar refractivity (Wildman–Crippen MR) is 80.0 cm³/mol. The zero-order valence-electron chi connectivity index (χ0n) is 11.7. The maximum atomic E-state index is 6.22. The first-order valence-electron chi connectivity index (χ1n) is 6.83. The standard InChI is InChI=1S/C15H25ClN2/c1-4-12(3)18(5-2)11-10-15(17)13-6-8-14(16)9-7-13/h6-9,12,15H,4-5,10-11,17H2,1-3H3. The summed E-state index contributed by atoms with van der Waals surface area (Å²) in [6, 6.07) is 8.58. The lowest BCUT2D eigenvalue weighted by Gasteiger charge is -2.28. The molecule has 2 atom stereocenters. The van der Waals surface area contributed by atoms with Gasteiger partial charge >= 0.3 is 0 Å². The van der Waals surface area contributed by atoms with E-state index in [4.69, 9.17) is 17.3 Å². The molecule has 0 amide bonds. The van der Waals surface area contributed by atoms with Crippen molar-refractivity contribution in [2.75, 3.05) is 13.1 Å². The Balaban J connectivity index is 2.49. The second kappa shape index (κ2) is 7.78. The maximum Gasteiger partial charge on any atom is 0.0406 e. The number of rotatable bonds is 7. The Morgan fingerprint density at radius 2 is 1.83 bits per heavy atom. The molecule has 1 aromatic rings. The Hall–Kier alpha value is -0.570. The summed E-state index contributed by atoms with van der Waals surface area (Å²) in [4.78, 5) is 2.48. The van der Waals surface area contributed by atoms with Crippen molar-refractivity contribution in [1.29, 1.82) is 0 Å². The van der Waals surface area contributed by atoms with Gasteiger partial charge in [0.05, 0.1) is 0 Å². The number of benzene rings is 1. The summed E-state index contributed by atoms with van der Waals surface area (Å²) in [5, 5.41) is 0.765. The number of hydrogen-bond donors (Lipinski definition) is 1. The van der Waals surface area contributed by atoms with Crippen molar-refractivity contribution >= 4 is 11.6 Å². The molecule has 0 saturated carbocycles. The van der Waals surface area contributed by atoms with E-state index in [0.717, 1.165) is 24.5 Å². The second-order valence-corrected chi connectivity index (χ2v) is 5.27. The van der Waals surface area contributed by atoms with Gasteiger partial charge in [-0.1, -0.05) is 37.6 Å². The molecule has 3 heteroatoms. The third-order valence-corrected chi connectivity index (χ3v) is 3.90. The molecule has 0 saturated heterocycles. The van der Waals surface area contributed by atoms with Crippen molar-refractivity contribution < 1.29 is 0 Å². The molecule has 2 nitrogen and oxygen atoms in total. The minimum Gasteiger partial charge on any atom is -0.324 e. The number of halogens is 1. The van der Waals surface area contributed by atoms with Crippen LogP contribution in [0.1, 0.15) is 45.2 Å². The van der Waals surface area contributed by atoms with Gasteiger partial charge in [0.25, 0.3) is 0 Å². The van der Waals surface area contributed by atoms with Crippen LogP contribution in [0.3, 0.4) is 0 Å². The van der Waals surface area contributed by atoms with Crippen LogP contribution in [0, 0.1) is 0 Å². The molecule has 1 aromatic carbocycles. The third-order valence-electron chi connectivity index (χ3n) is 3.65. The average molecular weight is 269 g/mol. The molecular weight excluding hydrogens is 244 g/mol. The van der Waals surface area contributed by atoms with Crippen molar-refractivity contribution in [3.05, 3.63) is 34.9 Å². The van der Waals surface area contributed by atoms with Gasteiger partial charge in [0.2, 0.25) is 0 Å². The van der Waals surface area contributed by atoms with Crippen LogP contribution in [0.5, 0.6) is 0 Å². The summed E-state index contributed by atoms with van der Waals surface area (Å²) in [6.07, 6.45) is 2.17. The minimum absolute atomic E-state index is 0.0976. The highest BCUT2D eigenvalue weighted by Gasteiger charge is 2.12. The zero-order valence-corrected chi connectivity index (χ0v) is 12.5. The molecule has 0 aliphatic heterocycles. The highest BCUT2D eigenvalue weighted by Crippen LogP contribution is 2.18. The van der Waals surface area contributed by atoms with Crippen LogP contribution >= 0.6 is 11.6 Å². The van der Waals surface area contributed by atoms with Crippen molar-refractivity contribution in [2.45, 2.75) is 45.7 Å². The molecule has 0 aliphatic carbocycles. The monoisotopic (exact) mass is 268 g/mol. The van der Waals surface area contributed by atoms with Crippen LogP contribution in [0.4, 0.5) is 0 Å². The smallest absolute Gasteiger partial charge is 0.0406 e. The van der Waals surface area contributed by atoms with Crippen molar-refractivity contribution in [3.8, 4) is 0 Å². The number of hydrogen-bond acceptors (Lipinski definition) is 2. The summed E-state index contributed by atoms with van der Waals surface area (Å²) < 4.78 is 0. The summed E-state index contributed by atoms with van der Waals surface area (Å²) in [5.41, 5.74) is 7.39. The first kappa shape index (κ1) is 15.5. The Morgan fingerprint density at radius 3 is 2.33 bits per heavy atom. The van der Waals surface area contributed by atoms with E-state index in [2.05, 4.69) is 25.7 Å². The van der Waals surface area contributed by atoms with Crippen LogP contribution < -0.4 is 5.73 Å². The molecule has 18 heavy (non-hydrogen) atoms. The molecule has 2 N–H and O–H groups in total. The first-order valence-corrected chi connectivity index (χ1v) is 7.21. The molecule has 2 unspecified atom stereocenters. The minimum atomic E-state index is 0.0976. The first-order chi connectivity index (χ1) is 8.58. The molecule has 1 rings (SSSR count). The van der Waals surface area contributed by atoms with E-state index in [1.165, 1.54) is 12.0 Å². The van der Waals surface area contributed by atoms with E-state index in [0.29, 0.717) is 6.04 Å². The topological polar surface area (TPSA) is 29.3 Å². The van der Waals surface area contributed by atoms with Crippen LogP contribution in [0.25, 0.3) is 0 Å². The van der Waals surface area contributed by atoms with Crippen LogP contribution in [-0.2, 0) is 0 Å². The highest BCUT2D eigenvalue weighted by molar-refractivity contribution is 6.30. The van der Waals surface area contributed by atoms with Gasteiger partial charge < -0.3 is 10.6 Å². The van der Waals surface area contributed by atoms with Crippen molar-refractivity contribution in [1.82, 2.24) is 4.90 Å². The molecule has 0 spiro atoms. The lowest BCUT2D eigenvalue weighted by Crippen LogP contribution is -2.34. The van der Waals surface area contributed by atoms with E-state index in [9.17, 15) is 0 Å². The largest absolute Gasteiger partial charge is 0.324 e. The molecule has 0 radical (unpaired) electrons. The average Bonchev–Trinajstić information content (AvgIpc) is 2.39. The normalized spacial score (nSPS) is 14.8. The van der Waals surface area contributed by atoms with Crippen LogP contribution in [0.2, 0.25) is 5.02 Å². The Bertz CT molecular complexity index is 337. The summed E-state index contributed by atoms with van der Waals surface area (Å²) >= 11 is 5.88. The molecule has 0 bridgehead atoms. The Kier molecular flexibility index (Phi) is 6.69. The summed E-state index contributed by atoms with van der Waals surface area (Å²) in [7, 11) is 0. The third kappa shape index (κ3) is 4.60. The predicted octanol–water partition coefficient (Wildman–Crippen LogP) is 3.85. The van der Waals surface area contributed by atoms with Gasteiger partial charge in [-0.15, -0.1) is 0 Å². The molecular formula is C15H25ClN2. The Morgan fingerprint density at radius 1 is 1.22 bits per heavy atom. The van der Waals surface area contributed by atoms with Gasteiger partial charge in [0.1, 0.15) is 0 Å². The SMILES string of the molecule is CCC(C)N(CC)CCC(N)c1ccc(Cl)cc1. The van der Waals surface area contributed by atoms with Gasteiger partial charge in [0, 0.05) is 23.7 Å². The number of nitrogens with zero attached hydrogens (tertiary/aromatic N) is 1. The van der Waals surface area contributed by atoms with Crippen LogP contribution in [0.15, 0.2) is 24.3 Å². The zero-order chi connectivity index (χ0) is 13.5. The van der Waals surface area contributed by atoms with Gasteiger partial charge in [-0.05, 0) is 44.0 Å². The molecule has 0 heterocycles. The second-order valence-electron chi connectivity index (χ2n) is 4.83. The van der Waals surface area contributed by atoms with E-state index >= 15 is 0 Å². The lowest BCUT2D eigenvalue weighted by atomic mass is 10.0. The number of nitrogens with two attached hydrogens (primary N) is 1. The summed E-state index contributed by atoms with van der Waals surface area (Å²) in [6.45, 7) is 8.85. The Labute approximate surface area is 116 Å². The van der Waals surface area contributed by atoms with Crippen LogP contribution in [-0.4, -0.2) is 24.0 Å². The van der Waals surface area contributed by atoms with E-state index < -0.39 is 0 Å². The van der Waals surface area contributed by atoms with E-state index in [1.807, 2.05) is 24.3 Å². The maximum absolute atomic E-state index is 6.22. The van der Waals surface area contributed by atoms with Gasteiger partial charge in [-0.2, -0.15) is 0 Å². The molecule has 0 aromatic heterocycles. The fourth-order valence-corrected chi connectivity index (χ4v) is 2.26. The van der Waals surface area contributed by atoms with Crippen molar-refractivity contribution in [3.63, 3.8) is 0 Å². The fourth-order valence-electron chi connectivity index (χ4n) is 2.13. The molecule has 0 aliphatic rings. The highest BCUT2D eigenvalue weighted by atomic mass is 35.5. The van der Waals surface area contributed by atoms with Gasteiger partial charge in [0.15, 0.2) is 0 Å². The van der Waals surface area contributed by atoms with Crippen molar-refractivity contribution in [2.24, 2.45) is 5.73 Å². The van der Waals surface area contributed by atoms with E-state index in [-0.39, 0.29) is 6.04 Å². The quantitative estimate of drug-likeness (QED) is 0.814.